The molecule has 33 heavy (non-hydrogen) atoms. The zero-order chi connectivity index (χ0) is 27.3. The van der Waals surface area contributed by atoms with Gasteiger partial charge in [0.15, 0.2) is 0 Å². The molecule has 0 aromatic rings. The van der Waals surface area contributed by atoms with E-state index < -0.39 is 6.10 Å². The molecule has 6 heteroatoms. The highest BCUT2D eigenvalue weighted by molar-refractivity contribution is 4.69. The topological polar surface area (TPSA) is 110 Å². The van der Waals surface area contributed by atoms with Gasteiger partial charge in [-0.25, -0.2) is 0 Å². The van der Waals surface area contributed by atoms with Gasteiger partial charge in [-0.3, -0.25) is 0 Å². The first-order valence-corrected chi connectivity index (χ1v) is 13.0. The van der Waals surface area contributed by atoms with Crippen molar-refractivity contribution in [3.8, 4) is 0 Å². The first-order valence-electron chi connectivity index (χ1n) is 13.0. The van der Waals surface area contributed by atoms with Crippen molar-refractivity contribution in [2.24, 2.45) is 11.3 Å². The maximum Gasteiger partial charge on any atom is 0.0768 e. The summed E-state index contributed by atoms with van der Waals surface area (Å²) in [6.07, 6.45) is 8.14. The first-order chi connectivity index (χ1) is 15.3. The third-order valence-electron chi connectivity index (χ3n) is 4.37. The van der Waals surface area contributed by atoms with Crippen LogP contribution in [0.4, 0.5) is 0 Å². The fraction of sp³-hybridized carbons (Fsp3) is 1.00. The van der Waals surface area contributed by atoms with Crippen molar-refractivity contribution in [1.82, 2.24) is 0 Å². The van der Waals surface area contributed by atoms with E-state index in [0.717, 1.165) is 38.2 Å². The molecule has 0 spiro atoms. The van der Waals surface area contributed by atoms with Crippen LogP contribution in [0.25, 0.3) is 0 Å². The molecule has 1 aliphatic carbocycles. The molecule has 0 aromatic carbocycles. The van der Waals surface area contributed by atoms with E-state index in [0.29, 0.717) is 6.42 Å². The summed E-state index contributed by atoms with van der Waals surface area (Å²) in [6, 6.07) is 0. The second-order valence-electron chi connectivity index (χ2n) is 9.54. The highest BCUT2D eigenvalue weighted by atomic mass is 16.5. The molecular formula is C27H64O6. The maximum atomic E-state index is 8.67. The summed E-state index contributed by atoms with van der Waals surface area (Å²) in [6.45, 7) is 20.9. The number of aliphatic hydroxyl groups is 5. The quantitative estimate of drug-likeness (QED) is 0.308. The molecule has 0 unspecified atom stereocenters. The van der Waals surface area contributed by atoms with Gasteiger partial charge in [0.1, 0.15) is 0 Å². The molecule has 0 radical (unpaired) electrons. The Morgan fingerprint density at radius 3 is 1.15 bits per heavy atom. The Morgan fingerprint density at radius 1 is 0.788 bits per heavy atom. The summed E-state index contributed by atoms with van der Waals surface area (Å²) in [5.41, 5.74) is 0.0972. The van der Waals surface area contributed by atoms with Gasteiger partial charge in [0.2, 0.25) is 0 Å². The summed E-state index contributed by atoms with van der Waals surface area (Å²) in [4.78, 5) is 0. The number of hydrogen-bond acceptors (Lipinski definition) is 6. The molecule has 6 nitrogen and oxygen atoms in total. The Bertz CT molecular complexity index is 279. The molecule has 208 valence electrons. The zero-order valence-corrected chi connectivity index (χ0v) is 24.2. The van der Waals surface area contributed by atoms with Gasteiger partial charge in [-0.05, 0) is 50.4 Å². The lowest BCUT2D eigenvalue weighted by Gasteiger charge is -2.11. The van der Waals surface area contributed by atoms with Gasteiger partial charge in [0, 0.05) is 20.3 Å². The van der Waals surface area contributed by atoms with Gasteiger partial charge < -0.3 is 30.3 Å². The fourth-order valence-corrected chi connectivity index (χ4v) is 1.15. The standard InChI is InChI=1S/2C5H12O.C5H10.C4H10O2.2C4H10O/c1-5(2,3)4-6;1-3-5(6)4-2;1-2-5-3-4-5;1-2-4(6)3-5;1-3-4-5-2;1-3-4(2)5/h6H,4H2,1-3H3;5-6H,3-4H2,1-2H3;5H,2-4H2,1H3;4-6H,2-3H2,1H3;3-4H2,1-2H3;4-5H,3H2,1-2H3/t;;;4-;;4-/m...0.0/s1. The minimum absolute atomic E-state index is 0.0648. The van der Waals surface area contributed by atoms with E-state index in [1.807, 2.05) is 48.5 Å². The summed E-state index contributed by atoms with van der Waals surface area (Å²) in [5, 5.41) is 41.9. The van der Waals surface area contributed by atoms with Crippen molar-refractivity contribution >= 4 is 0 Å². The largest absolute Gasteiger partial charge is 0.396 e. The Hall–Kier alpha value is -0.240. The summed E-state index contributed by atoms with van der Waals surface area (Å²) >= 11 is 0. The van der Waals surface area contributed by atoms with Crippen LogP contribution in [0.1, 0.15) is 121 Å². The normalized spacial score (nSPS) is 13.7. The summed E-state index contributed by atoms with van der Waals surface area (Å²) in [7, 11) is 1.71. The van der Waals surface area contributed by atoms with E-state index in [2.05, 4.69) is 13.8 Å². The minimum atomic E-state index is -0.509. The average Bonchev–Trinajstić information content (AvgIpc) is 3.64. The van der Waals surface area contributed by atoms with E-state index in [9.17, 15) is 0 Å². The van der Waals surface area contributed by atoms with E-state index >= 15 is 0 Å². The number of rotatable bonds is 8. The van der Waals surface area contributed by atoms with Crippen LogP contribution in [-0.4, -0.2) is 70.8 Å². The van der Waals surface area contributed by atoms with Gasteiger partial charge in [0.05, 0.1) is 24.9 Å². The average molecular weight is 485 g/mol. The van der Waals surface area contributed by atoms with Crippen LogP contribution in [0.3, 0.4) is 0 Å². The Morgan fingerprint density at radius 2 is 1.15 bits per heavy atom. The molecular weight excluding hydrogens is 420 g/mol. The minimum Gasteiger partial charge on any atom is -0.396 e. The van der Waals surface area contributed by atoms with Crippen LogP contribution >= 0.6 is 0 Å². The van der Waals surface area contributed by atoms with E-state index in [4.69, 9.17) is 30.3 Å². The Balaban J connectivity index is -0.0000000952. The molecule has 1 rings (SSSR count). The highest BCUT2D eigenvalue weighted by Gasteiger charge is 2.17. The van der Waals surface area contributed by atoms with Crippen molar-refractivity contribution in [3.63, 3.8) is 0 Å². The highest BCUT2D eigenvalue weighted by Crippen LogP contribution is 2.31. The van der Waals surface area contributed by atoms with Crippen molar-refractivity contribution in [2.75, 3.05) is 26.9 Å². The molecule has 0 aliphatic heterocycles. The van der Waals surface area contributed by atoms with Gasteiger partial charge in [-0.15, -0.1) is 0 Å². The van der Waals surface area contributed by atoms with Gasteiger partial charge in [-0.2, -0.15) is 0 Å². The van der Waals surface area contributed by atoms with Crippen LogP contribution < -0.4 is 0 Å². The summed E-state index contributed by atoms with van der Waals surface area (Å²) < 4.78 is 4.69. The second kappa shape index (κ2) is 33.9. The molecule has 0 amide bonds. The summed E-state index contributed by atoms with van der Waals surface area (Å²) in [5.74, 6) is 1.13. The van der Waals surface area contributed by atoms with Crippen LogP contribution in [0.5, 0.6) is 0 Å². The Kier molecular flexibility index (Phi) is 44.1. The lowest BCUT2D eigenvalue weighted by atomic mass is 9.99. The van der Waals surface area contributed by atoms with Crippen molar-refractivity contribution in [1.29, 1.82) is 0 Å². The second-order valence-corrected chi connectivity index (χ2v) is 9.54. The molecule has 0 bridgehead atoms. The molecule has 1 saturated carbocycles. The lowest BCUT2D eigenvalue weighted by molar-refractivity contribution is 0.0923. The number of aliphatic hydroxyl groups excluding tert-OH is 5. The van der Waals surface area contributed by atoms with Gasteiger partial charge >= 0.3 is 0 Å². The van der Waals surface area contributed by atoms with Crippen LogP contribution in [0.15, 0.2) is 0 Å². The van der Waals surface area contributed by atoms with Crippen molar-refractivity contribution < 1.29 is 30.3 Å². The molecule has 0 saturated heterocycles. The molecule has 1 fully saturated rings. The molecule has 5 N–H and O–H groups in total. The van der Waals surface area contributed by atoms with Crippen LogP contribution in [-0.2, 0) is 4.74 Å². The third-order valence-corrected chi connectivity index (χ3v) is 4.37. The molecule has 2 atom stereocenters. The van der Waals surface area contributed by atoms with Crippen LogP contribution in [0.2, 0.25) is 0 Å². The third kappa shape index (κ3) is 72.0. The van der Waals surface area contributed by atoms with Gasteiger partial charge in [0.25, 0.3) is 0 Å². The predicted octanol–water partition coefficient (Wildman–Crippen LogP) is 5.57. The Labute approximate surface area is 207 Å². The maximum absolute atomic E-state index is 8.67. The number of ether oxygens (including phenoxy) is 1. The van der Waals surface area contributed by atoms with E-state index in [1.165, 1.54) is 19.3 Å². The van der Waals surface area contributed by atoms with E-state index in [-0.39, 0.29) is 30.8 Å². The van der Waals surface area contributed by atoms with Gasteiger partial charge in [-0.1, -0.05) is 81.6 Å². The fourth-order valence-electron chi connectivity index (χ4n) is 1.15. The number of hydrogen-bond donors (Lipinski definition) is 5. The van der Waals surface area contributed by atoms with Crippen molar-refractivity contribution in [2.45, 2.75) is 139 Å². The lowest BCUT2D eigenvalue weighted by Crippen LogP contribution is -2.09. The van der Waals surface area contributed by atoms with Crippen LogP contribution in [0, 0.1) is 11.3 Å². The first kappa shape index (κ1) is 42.9. The zero-order valence-electron chi connectivity index (χ0n) is 24.2. The molecule has 0 heterocycles. The molecule has 1 aliphatic rings. The van der Waals surface area contributed by atoms with E-state index in [1.54, 1.807) is 14.0 Å². The SMILES string of the molecule is CC(C)(C)CO.CCC(O)CC.CCC1CC1.CCCOC.CC[C@H](C)O.CC[C@H](O)CO. The number of methoxy groups -OCH3 is 1. The monoisotopic (exact) mass is 484 g/mol. The van der Waals surface area contributed by atoms with Crippen molar-refractivity contribution in [3.05, 3.63) is 0 Å². The molecule has 0 aromatic heterocycles. The predicted molar refractivity (Wildman–Crippen MR) is 144 cm³/mol. The smallest absolute Gasteiger partial charge is 0.0768 e.